The van der Waals surface area contributed by atoms with Crippen LogP contribution in [-0.2, 0) is 9.53 Å². The molecule has 13 heavy (non-hydrogen) atoms. The molecule has 0 spiro atoms. The van der Waals surface area contributed by atoms with Crippen molar-refractivity contribution in [3.8, 4) is 0 Å². The quantitative estimate of drug-likeness (QED) is 0.538. The number of hydrogen-bond acceptors (Lipinski definition) is 2. The molecule has 1 aliphatic carbocycles. The van der Waals surface area contributed by atoms with Crippen molar-refractivity contribution in [3.63, 3.8) is 0 Å². The SMILES string of the molecule is C[C@@H]1CC[C@@H]2[C@H](CC1)OC(=O)[C@H]2C. The predicted molar refractivity (Wildman–Crippen MR) is 50.2 cm³/mol. The average molecular weight is 182 g/mol. The van der Waals surface area contributed by atoms with E-state index < -0.39 is 0 Å². The molecule has 1 heterocycles. The van der Waals surface area contributed by atoms with Gasteiger partial charge in [0.1, 0.15) is 6.10 Å². The Morgan fingerprint density at radius 3 is 2.62 bits per heavy atom. The maximum atomic E-state index is 11.3. The highest BCUT2D eigenvalue weighted by molar-refractivity contribution is 5.74. The van der Waals surface area contributed by atoms with Crippen LogP contribution in [0, 0.1) is 17.8 Å². The fourth-order valence-corrected chi connectivity index (χ4v) is 2.62. The molecule has 0 aromatic heterocycles. The van der Waals surface area contributed by atoms with Crippen LogP contribution in [0.25, 0.3) is 0 Å². The van der Waals surface area contributed by atoms with Crippen LogP contribution in [0.15, 0.2) is 0 Å². The molecule has 2 fully saturated rings. The first-order chi connectivity index (χ1) is 6.18. The largest absolute Gasteiger partial charge is 0.462 e. The second-order valence-corrected chi connectivity index (χ2v) is 4.69. The zero-order chi connectivity index (χ0) is 9.42. The molecular weight excluding hydrogens is 164 g/mol. The van der Waals surface area contributed by atoms with Gasteiger partial charge in [-0.25, -0.2) is 0 Å². The standard InChI is InChI=1S/C11H18O2/c1-7-3-5-9-8(2)11(12)13-10(9)6-4-7/h7-10H,3-6H2,1-2H3/t7-,8+,9+,10+/m1/s1. The molecule has 2 aliphatic rings. The molecule has 4 atom stereocenters. The lowest BCUT2D eigenvalue weighted by Gasteiger charge is -2.14. The van der Waals surface area contributed by atoms with Gasteiger partial charge in [-0.05, 0) is 25.2 Å². The molecule has 0 amide bonds. The summed E-state index contributed by atoms with van der Waals surface area (Å²) < 4.78 is 5.37. The van der Waals surface area contributed by atoms with Gasteiger partial charge in [-0.1, -0.05) is 20.3 Å². The van der Waals surface area contributed by atoms with Crippen LogP contribution in [0.3, 0.4) is 0 Å². The Balaban J connectivity index is 2.07. The summed E-state index contributed by atoms with van der Waals surface area (Å²) in [5, 5.41) is 0. The average Bonchev–Trinajstić information content (AvgIpc) is 2.28. The van der Waals surface area contributed by atoms with Crippen molar-refractivity contribution in [1.82, 2.24) is 0 Å². The Bertz CT molecular complexity index is 212. The fourth-order valence-electron chi connectivity index (χ4n) is 2.62. The maximum Gasteiger partial charge on any atom is 0.309 e. The first-order valence-electron chi connectivity index (χ1n) is 5.39. The van der Waals surface area contributed by atoms with Crippen molar-refractivity contribution in [2.45, 2.75) is 45.6 Å². The molecule has 0 aromatic carbocycles. The van der Waals surface area contributed by atoms with Crippen LogP contribution in [0.4, 0.5) is 0 Å². The number of carbonyl (C=O) groups is 1. The molecule has 1 saturated heterocycles. The van der Waals surface area contributed by atoms with Crippen molar-refractivity contribution < 1.29 is 9.53 Å². The summed E-state index contributed by atoms with van der Waals surface area (Å²) in [6, 6.07) is 0. The summed E-state index contributed by atoms with van der Waals surface area (Å²) in [5.74, 6) is 1.51. The second kappa shape index (κ2) is 3.32. The van der Waals surface area contributed by atoms with E-state index in [-0.39, 0.29) is 18.0 Å². The highest BCUT2D eigenvalue weighted by Gasteiger charge is 2.42. The van der Waals surface area contributed by atoms with E-state index in [1.807, 2.05) is 6.92 Å². The van der Waals surface area contributed by atoms with E-state index in [2.05, 4.69) is 6.92 Å². The van der Waals surface area contributed by atoms with E-state index in [9.17, 15) is 4.79 Å². The van der Waals surface area contributed by atoms with Gasteiger partial charge in [0.15, 0.2) is 0 Å². The molecule has 0 radical (unpaired) electrons. The third-order valence-corrected chi connectivity index (χ3v) is 3.70. The van der Waals surface area contributed by atoms with Gasteiger partial charge in [-0.3, -0.25) is 4.79 Å². The first kappa shape index (κ1) is 9.04. The van der Waals surface area contributed by atoms with Gasteiger partial charge < -0.3 is 4.74 Å². The van der Waals surface area contributed by atoms with E-state index in [4.69, 9.17) is 4.74 Å². The lowest BCUT2D eigenvalue weighted by Crippen LogP contribution is -2.17. The predicted octanol–water partition coefficient (Wildman–Crippen LogP) is 2.37. The molecule has 2 nitrogen and oxygen atoms in total. The van der Waals surface area contributed by atoms with E-state index in [1.54, 1.807) is 0 Å². The topological polar surface area (TPSA) is 26.3 Å². The summed E-state index contributed by atoms with van der Waals surface area (Å²) >= 11 is 0. The number of esters is 1. The molecule has 2 heteroatoms. The van der Waals surface area contributed by atoms with Crippen LogP contribution < -0.4 is 0 Å². The molecular formula is C11H18O2. The van der Waals surface area contributed by atoms with E-state index in [0.717, 1.165) is 12.3 Å². The normalized spacial score (nSPS) is 45.2. The third kappa shape index (κ3) is 1.59. The van der Waals surface area contributed by atoms with Gasteiger partial charge in [0.25, 0.3) is 0 Å². The smallest absolute Gasteiger partial charge is 0.309 e. The molecule has 0 bridgehead atoms. The number of hydrogen-bond donors (Lipinski definition) is 0. The third-order valence-electron chi connectivity index (χ3n) is 3.70. The van der Waals surface area contributed by atoms with Gasteiger partial charge in [0.2, 0.25) is 0 Å². The van der Waals surface area contributed by atoms with Gasteiger partial charge in [-0.2, -0.15) is 0 Å². The van der Waals surface area contributed by atoms with Crippen LogP contribution in [0.2, 0.25) is 0 Å². The molecule has 2 rings (SSSR count). The summed E-state index contributed by atoms with van der Waals surface area (Å²) in [6.07, 6.45) is 5.00. The minimum absolute atomic E-state index is 0.0320. The number of carbonyl (C=O) groups excluding carboxylic acids is 1. The Kier molecular flexibility index (Phi) is 2.31. The summed E-state index contributed by atoms with van der Waals surface area (Å²) in [7, 11) is 0. The summed E-state index contributed by atoms with van der Waals surface area (Å²) in [4.78, 5) is 11.3. The van der Waals surface area contributed by atoms with E-state index in [0.29, 0.717) is 5.92 Å². The zero-order valence-electron chi connectivity index (χ0n) is 8.45. The number of ether oxygens (including phenoxy) is 1. The zero-order valence-corrected chi connectivity index (χ0v) is 8.45. The fraction of sp³-hybridized carbons (Fsp3) is 0.909. The second-order valence-electron chi connectivity index (χ2n) is 4.69. The Morgan fingerprint density at radius 2 is 1.85 bits per heavy atom. The van der Waals surface area contributed by atoms with Gasteiger partial charge >= 0.3 is 5.97 Å². The monoisotopic (exact) mass is 182 g/mol. The van der Waals surface area contributed by atoms with E-state index in [1.165, 1.54) is 19.3 Å². The molecule has 1 saturated carbocycles. The number of rotatable bonds is 0. The maximum absolute atomic E-state index is 11.3. The number of fused-ring (bicyclic) bond motifs is 1. The minimum atomic E-state index is 0.0320. The summed E-state index contributed by atoms with van der Waals surface area (Å²) in [6.45, 7) is 4.32. The Hall–Kier alpha value is -0.530. The minimum Gasteiger partial charge on any atom is -0.462 e. The molecule has 74 valence electrons. The van der Waals surface area contributed by atoms with Gasteiger partial charge in [0.05, 0.1) is 5.92 Å². The van der Waals surface area contributed by atoms with Crippen molar-refractivity contribution in [1.29, 1.82) is 0 Å². The Morgan fingerprint density at radius 1 is 1.15 bits per heavy atom. The highest BCUT2D eigenvalue weighted by atomic mass is 16.6. The lowest BCUT2D eigenvalue weighted by molar-refractivity contribution is -0.144. The van der Waals surface area contributed by atoms with Crippen LogP contribution >= 0.6 is 0 Å². The van der Waals surface area contributed by atoms with Crippen LogP contribution in [-0.4, -0.2) is 12.1 Å². The molecule has 1 aliphatic heterocycles. The molecule has 0 N–H and O–H groups in total. The van der Waals surface area contributed by atoms with Crippen molar-refractivity contribution in [2.75, 3.05) is 0 Å². The molecule has 0 unspecified atom stereocenters. The highest BCUT2D eigenvalue weighted by Crippen LogP contribution is 2.38. The first-order valence-corrected chi connectivity index (χ1v) is 5.39. The van der Waals surface area contributed by atoms with Gasteiger partial charge in [0, 0.05) is 5.92 Å². The van der Waals surface area contributed by atoms with Crippen molar-refractivity contribution >= 4 is 5.97 Å². The van der Waals surface area contributed by atoms with Crippen LogP contribution in [0.1, 0.15) is 39.5 Å². The summed E-state index contributed by atoms with van der Waals surface area (Å²) in [5.41, 5.74) is 0. The van der Waals surface area contributed by atoms with E-state index >= 15 is 0 Å². The van der Waals surface area contributed by atoms with Crippen molar-refractivity contribution in [2.24, 2.45) is 17.8 Å². The Labute approximate surface area is 79.7 Å². The molecule has 0 aromatic rings. The lowest BCUT2D eigenvalue weighted by atomic mass is 9.88. The van der Waals surface area contributed by atoms with Crippen molar-refractivity contribution in [3.05, 3.63) is 0 Å². The van der Waals surface area contributed by atoms with Crippen LogP contribution in [0.5, 0.6) is 0 Å². The van der Waals surface area contributed by atoms with Gasteiger partial charge in [-0.15, -0.1) is 0 Å².